The van der Waals surface area contributed by atoms with Crippen LogP contribution < -0.4 is 0 Å². The summed E-state index contributed by atoms with van der Waals surface area (Å²) >= 11 is 0. The van der Waals surface area contributed by atoms with Crippen LogP contribution in [-0.4, -0.2) is 33.6 Å². The van der Waals surface area contributed by atoms with E-state index in [0.717, 1.165) is 11.3 Å². The van der Waals surface area contributed by atoms with Gasteiger partial charge in [0.05, 0.1) is 12.7 Å². The molecule has 0 aliphatic heterocycles. The lowest BCUT2D eigenvalue weighted by Crippen LogP contribution is -2.21. The summed E-state index contributed by atoms with van der Waals surface area (Å²) in [4.78, 5) is 11.8. The van der Waals surface area contributed by atoms with E-state index in [1.54, 1.807) is 11.6 Å². The maximum absolute atomic E-state index is 11.8. The lowest BCUT2D eigenvalue weighted by Gasteiger charge is -2.18. The Labute approximate surface area is 100 Å². The highest BCUT2D eigenvalue weighted by atomic mass is 16.5. The van der Waals surface area contributed by atoms with Gasteiger partial charge in [0, 0.05) is 24.2 Å². The number of carbonyl (C=O) groups is 1. The van der Waals surface area contributed by atoms with Gasteiger partial charge in [-0.15, -0.1) is 0 Å². The average Bonchev–Trinajstić information content (AvgIpc) is 2.67. The summed E-state index contributed by atoms with van der Waals surface area (Å²) in [6.07, 6.45) is 1.65. The number of aliphatic hydroxyl groups is 1. The molecule has 0 amide bonds. The van der Waals surface area contributed by atoms with Gasteiger partial charge in [-0.25, -0.2) is 4.79 Å². The molecule has 5 heteroatoms. The predicted molar refractivity (Wildman–Crippen MR) is 61.9 cm³/mol. The molecular weight excluding hydrogens is 220 g/mol. The molecule has 1 aromatic heterocycles. The number of ether oxygens (including phenoxy) is 1. The molecule has 17 heavy (non-hydrogen) atoms. The zero-order chi connectivity index (χ0) is 12.4. The molecule has 0 saturated heterocycles. The van der Waals surface area contributed by atoms with E-state index in [2.05, 4.69) is 5.10 Å². The molecule has 0 radical (unpaired) electrons. The second kappa shape index (κ2) is 4.87. The number of hydrogen-bond acceptors (Lipinski definition) is 4. The molecule has 1 aliphatic rings. The van der Waals surface area contributed by atoms with Crippen molar-refractivity contribution in [1.82, 2.24) is 9.78 Å². The van der Waals surface area contributed by atoms with Gasteiger partial charge in [0.1, 0.15) is 0 Å². The predicted octanol–water partition coefficient (Wildman–Crippen LogP) is 0.929. The van der Waals surface area contributed by atoms with Crippen LogP contribution in [0.2, 0.25) is 0 Å². The first-order chi connectivity index (χ1) is 8.17. The van der Waals surface area contributed by atoms with E-state index in [-0.39, 0.29) is 12.1 Å². The minimum absolute atomic E-state index is 0.320. The second-order valence-electron chi connectivity index (χ2n) is 4.21. The Morgan fingerprint density at radius 1 is 1.59 bits per heavy atom. The van der Waals surface area contributed by atoms with Crippen LogP contribution in [0.4, 0.5) is 0 Å². The molecule has 1 atom stereocenters. The SMILES string of the molecule is CCOC(=O)c1nn(CC)c2c1CCC(O)C2. The van der Waals surface area contributed by atoms with Crippen molar-refractivity contribution in [2.24, 2.45) is 0 Å². The summed E-state index contributed by atoms with van der Waals surface area (Å²) in [5.74, 6) is -0.354. The van der Waals surface area contributed by atoms with Gasteiger partial charge in [-0.05, 0) is 26.7 Å². The van der Waals surface area contributed by atoms with E-state index >= 15 is 0 Å². The van der Waals surface area contributed by atoms with E-state index in [1.807, 2.05) is 6.92 Å². The summed E-state index contributed by atoms with van der Waals surface area (Å²) in [7, 11) is 0. The Morgan fingerprint density at radius 2 is 2.35 bits per heavy atom. The highest BCUT2D eigenvalue weighted by molar-refractivity contribution is 5.89. The third kappa shape index (κ3) is 2.20. The van der Waals surface area contributed by atoms with Crippen LogP contribution in [0, 0.1) is 0 Å². The molecule has 1 heterocycles. The van der Waals surface area contributed by atoms with Gasteiger partial charge in [0.2, 0.25) is 0 Å². The molecule has 2 rings (SSSR count). The molecule has 0 aromatic carbocycles. The number of esters is 1. The fourth-order valence-electron chi connectivity index (χ4n) is 2.29. The van der Waals surface area contributed by atoms with Crippen molar-refractivity contribution in [3.05, 3.63) is 17.0 Å². The van der Waals surface area contributed by atoms with Gasteiger partial charge in [0.25, 0.3) is 0 Å². The largest absolute Gasteiger partial charge is 0.461 e. The van der Waals surface area contributed by atoms with Gasteiger partial charge in [-0.2, -0.15) is 5.10 Å². The number of rotatable bonds is 3. The fraction of sp³-hybridized carbons (Fsp3) is 0.667. The summed E-state index contributed by atoms with van der Waals surface area (Å²) < 4.78 is 6.80. The topological polar surface area (TPSA) is 64.3 Å². The van der Waals surface area contributed by atoms with Gasteiger partial charge in [-0.1, -0.05) is 0 Å². The Kier molecular flexibility index (Phi) is 3.47. The number of carbonyl (C=O) groups excluding carboxylic acids is 1. The summed E-state index contributed by atoms with van der Waals surface area (Å²) in [6, 6.07) is 0. The number of nitrogens with zero attached hydrogens (tertiary/aromatic N) is 2. The van der Waals surface area contributed by atoms with Crippen molar-refractivity contribution in [1.29, 1.82) is 0 Å². The van der Waals surface area contributed by atoms with Crippen LogP contribution in [-0.2, 0) is 24.1 Å². The Balaban J connectivity index is 2.38. The van der Waals surface area contributed by atoms with Gasteiger partial charge in [-0.3, -0.25) is 4.68 Å². The standard InChI is InChI=1S/C12H18N2O3/c1-3-14-10-7-8(15)5-6-9(10)11(13-14)12(16)17-4-2/h8,15H,3-7H2,1-2H3. The summed E-state index contributed by atoms with van der Waals surface area (Å²) in [5, 5.41) is 14.0. The number of aromatic nitrogens is 2. The van der Waals surface area contributed by atoms with Crippen LogP contribution in [0.5, 0.6) is 0 Å². The summed E-state index contributed by atoms with van der Waals surface area (Å²) in [5.41, 5.74) is 2.36. The molecule has 0 saturated carbocycles. The fourth-order valence-corrected chi connectivity index (χ4v) is 2.29. The molecular formula is C12H18N2O3. The highest BCUT2D eigenvalue weighted by Crippen LogP contribution is 2.25. The van der Waals surface area contributed by atoms with E-state index in [0.29, 0.717) is 38.1 Å². The molecule has 0 spiro atoms. The normalized spacial score (nSPS) is 18.9. The Bertz CT molecular complexity index is 426. The van der Waals surface area contributed by atoms with E-state index in [9.17, 15) is 9.90 Å². The third-order valence-electron chi connectivity index (χ3n) is 3.09. The number of fused-ring (bicyclic) bond motifs is 1. The van der Waals surface area contributed by atoms with E-state index in [1.165, 1.54) is 0 Å². The van der Waals surface area contributed by atoms with Crippen molar-refractivity contribution >= 4 is 5.97 Å². The van der Waals surface area contributed by atoms with Gasteiger partial charge < -0.3 is 9.84 Å². The first-order valence-corrected chi connectivity index (χ1v) is 6.11. The van der Waals surface area contributed by atoms with Crippen LogP contribution in [0.25, 0.3) is 0 Å². The second-order valence-corrected chi connectivity index (χ2v) is 4.21. The number of aryl methyl sites for hydroxylation is 1. The molecule has 5 nitrogen and oxygen atoms in total. The van der Waals surface area contributed by atoms with Crippen molar-refractivity contribution in [2.45, 2.75) is 45.8 Å². The van der Waals surface area contributed by atoms with Crippen LogP contribution >= 0.6 is 0 Å². The molecule has 0 fully saturated rings. The smallest absolute Gasteiger partial charge is 0.359 e. The van der Waals surface area contributed by atoms with Crippen molar-refractivity contribution in [3.63, 3.8) is 0 Å². The number of aliphatic hydroxyl groups excluding tert-OH is 1. The van der Waals surface area contributed by atoms with Crippen molar-refractivity contribution in [3.8, 4) is 0 Å². The molecule has 1 aromatic rings. The van der Waals surface area contributed by atoms with Crippen LogP contribution in [0.1, 0.15) is 42.0 Å². The maximum Gasteiger partial charge on any atom is 0.359 e. The van der Waals surface area contributed by atoms with Crippen LogP contribution in [0.15, 0.2) is 0 Å². The lowest BCUT2D eigenvalue weighted by atomic mass is 9.93. The minimum Gasteiger partial charge on any atom is -0.461 e. The van der Waals surface area contributed by atoms with Crippen molar-refractivity contribution < 1.29 is 14.6 Å². The molecule has 1 unspecified atom stereocenters. The van der Waals surface area contributed by atoms with Gasteiger partial charge >= 0.3 is 5.97 Å². The van der Waals surface area contributed by atoms with Crippen molar-refractivity contribution in [2.75, 3.05) is 6.61 Å². The average molecular weight is 238 g/mol. The monoisotopic (exact) mass is 238 g/mol. The summed E-state index contributed by atoms with van der Waals surface area (Å²) in [6.45, 7) is 4.82. The first kappa shape index (κ1) is 12.1. The van der Waals surface area contributed by atoms with E-state index in [4.69, 9.17) is 4.74 Å². The quantitative estimate of drug-likeness (QED) is 0.796. The maximum atomic E-state index is 11.8. The molecule has 1 N–H and O–H groups in total. The van der Waals surface area contributed by atoms with Gasteiger partial charge in [0.15, 0.2) is 5.69 Å². The molecule has 1 aliphatic carbocycles. The van der Waals surface area contributed by atoms with Crippen LogP contribution in [0.3, 0.4) is 0 Å². The first-order valence-electron chi connectivity index (χ1n) is 6.11. The Hall–Kier alpha value is -1.36. The zero-order valence-electron chi connectivity index (χ0n) is 10.3. The zero-order valence-corrected chi connectivity index (χ0v) is 10.3. The Morgan fingerprint density at radius 3 is 3.00 bits per heavy atom. The molecule has 94 valence electrons. The lowest BCUT2D eigenvalue weighted by molar-refractivity contribution is 0.0516. The third-order valence-corrected chi connectivity index (χ3v) is 3.09. The minimum atomic E-state index is -0.354. The molecule has 0 bridgehead atoms. The highest BCUT2D eigenvalue weighted by Gasteiger charge is 2.28. The van der Waals surface area contributed by atoms with E-state index < -0.39 is 0 Å². The number of hydrogen-bond donors (Lipinski definition) is 1.